The molecule has 0 radical (unpaired) electrons. The second kappa shape index (κ2) is 6.62. The molecule has 1 heterocycles. The minimum atomic E-state index is -3.56. The highest BCUT2D eigenvalue weighted by Gasteiger charge is 2.22. The number of hydrogen-bond donors (Lipinski definition) is 1. The Bertz CT molecular complexity index is 653. The quantitative estimate of drug-likeness (QED) is 0.636. The largest absolute Gasteiger partial charge is 0.381 e. The minimum absolute atomic E-state index is 0.00468. The molecule has 1 fully saturated rings. The fourth-order valence-electron chi connectivity index (χ4n) is 2.60. The van der Waals surface area contributed by atoms with Gasteiger partial charge in [-0.2, -0.15) is 0 Å². The van der Waals surface area contributed by atoms with Crippen LogP contribution < -0.4 is 5.32 Å². The summed E-state index contributed by atoms with van der Waals surface area (Å²) < 4.78 is 29.3. The van der Waals surface area contributed by atoms with Gasteiger partial charge in [-0.15, -0.1) is 0 Å². The Kier molecular flexibility index (Phi) is 5.02. The summed E-state index contributed by atoms with van der Waals surface area (Å²) in [4.78, 5) is 10.2. The first-order valence-corrected chi connectivity index (χ1v) is 9.03. The lowest BCUT2D eigenvalue weighted by Gasteiger charge is -2.20. The lowest BCUT2D eigenvalue weighted by Crippen LogP contribution is -2.23. The van der Waals surface area contributed by atoms with Crippen LogP contribution in [0.25, 0.3) is 0 Å². The van der Waals surface area contributed by atoms with Gasteiger partial charge in [0.1, 0.15) is 0 Å². The van der Waals surface area contributed by atoms with Crippen LogP contribution in [0.2, 0.25) is 0 Å². The van der Waals surface area contributed by atoms with Gasteiger partial charge >= 0.3 is 0 Å². The highest BCUT2D eigenvalue weighted by Crippen LogP contribution is 2.28. The number of nitro groups is 1. The van der Waals surface area contributed by atoms with E-state index >= 15 is 0 Å². The van der Waals surface area contributed by atoms with Crippen molar-refractivity contribution in [3.63, 3.8) is 0 Å². The Hall–Kier alpha value is -1.67. The summed E-state index contributed by atoms with van der Waals surface area (Å²) in [6.45, 7) is 2.71. The van der Waals surface area contributed by atoms with Gasteiger partial charge < -0.3 is 10.1 Å². The maximum atomic E-state index is 11.9. The number of nitro benzene ring substituents is 1. The number of non-ortho nitro benzene ring substituents is 1. The van der Waals surface area contributed by atoms with Crippen LogP contribution in [0.4, 0.5) is 11.4 Å². The Morgan fingerprint density at radius 2 is 2.23 bits per heavy atom. The number of ether oxygens (including phenoxy) is 1. The van der Waals surface area contributed by atoms with Crippen molar-refractivity contribution in [2.45, 2.75) is 43.2 Å². The molecule has 2 atom stereocenters. The standard InChI is InChI=1S/C14H20N2O5S/c1-10(8-12-4-3-7-21-12)15-13-6-5-11(16(17)18)9-14(13)22(2,19)20/h5-6,9-10,12,15H,3-4,7-8H2,1-2H3. The number of nitrogens with one attached hydrogen (secondary N) is 1. The van der Waals surface area contributed by atoms with Crippen molar-refractivity contribution in [1.29, 1.82) is 0 Å². The van der Waals surface area contributed by atoms with Crippen molar-refractivity contribution in [2.24, 2.45) is 0 Å². The average Bonchev–Trinajstić information content (AvgIpc) is 2.90. The Labute approximate surface area is 129 Å². The van der Waals surface area contributed by atoms with Gasteiger partial charge in [0.2, 0.25) is 0 Å². The van der Waals surface area contributed by atoms with Crippen LogP contribution in [0.1, 0.15) is 26.2 Å². The molecule has 0 bridgehead atoms. The number of hydrogen-bond acceptors (Lipinski definition) is 6. The second-order valence-electron chi connectivity index (χ2n) is 5.63. The molecular formula is C14H20N2O5S. The van der Waals surface area contributed by atoms with Crippen LogP contribution in [0.15, 0.2) is 23.1 Å². The van der Waals surface area contributed by atoms with E-state index in [0.29, 0.717) is 5.69 Å². The van der Waals surface area contributed by atoms with Crippen LogP contribution >= 0.6 is 0 Å². The molecule has 0 aliphatic carbocycles. The Morgan fingerprint density at radius 3 is 2.77 bits per heavy atom. The number of benzene rings is 1. The molecule has 0 saturated carbocycles. The van der Waals surface area contributed by atoms with E-state index in [1.54, 1.807) is 0 Å². The summed E-state index contributed by atoms with van der Waals surface area (Å²) in [5, 5.41) is 13.9. The topological polar surface area (TPSA) is 98.5 Å². The zero-order valence-corrected chi connectivity index (χ0v) is 13.4. The molecule has 0 spiro atoms. The first-order valence-electron chi connectivity index (χ1n) is 7.14. The van der Waals surface area contributed by atoms with Gasteiger partial charge in [-0.3, -0.25) is 10.1 Å². The zero-order chi connectivity index (χ0) is 16.3. The van der Waals surface area contributed by atoms with Gasteiger partial charge in [0.05, 0.1) is 21.6 Å². The molecule has 22 heavy (non-hydrogen) atoms. The Balaban J connectivity index is 2.20. The van der Waals surface area contributed by atoms with Crippen LogP contribution in [-0.2, 0) is 14.6 Å². The van der Waals surface area contributed by atoms with E-state index in [1.165, 1.54) is 12.1 Å². The van der Waals surface area contributed by atoms with Crippen molar-refractivity contribution in [1.82, 2.24) is 0 Å². The molecule has 1 aliphatic heterocycles. The van der Waals surface area contributed by atoms with E-state index in [1.807, 2.05) is 6.92 Å². The van der Waals surface area contributed by atoms with E-state index in [4.69, 9.17) is 4.74 Å². The van der Waals surface area contributed by atoms with Crippen LogP contribution in [-0.4, -0.2) is 38.3 Å². The third kappa shape index (κ3) is 4.17. The highest BCUT2D eigenvalue weighted by atomic mass is 32.2. The lowest BCUT2D eigenvalue weighted by molar-refractivity contribution is -0.385. The molecular weight excluding hydrogens is 308 g/mol. The van der Waals surface area contributed by atoms with Crippen molar-refractivity contribution >= 4 is 21.2 Å². The summed E-state index contributed by atoms with van der Waals surface area (Å²) in [6, 6.07) is 3.84. The van der Waals surface area contributed by atoms with E-state index in [9.17, 15) is 18.5 Å². The summed E-state index contributed by atoms with van der Waals surface area (Å²) in [5.74, 6) is 0. The van der Waals surface area contributed by atoms with Crippen LogP contribution in [0, 0.1) is 10.1 Å². The average molecular weight is 328 g/mol. The maximum absolute atomic E-state index is 11.9. The molecule has 1 saturated heterocycles. The summed E-state index contributed by atoms with van der Waals surface area (Å²) in [6.07, 6.45) is 4.04. The predicted octanol–water partition coefficient (Wildman–Crippen LogP) is 2.37. The van der Waals surface area contributed by atoms with Gasteiger partial charge in [0.15, 0.2) is 9.84 Å². The molecule has 0 amide bonds. The second-order valence-corrected chi connectivity index (χ2v) is 7.61. The smallest absolute Gasteiger partial charge is 0.270 e. The predicted molar refractivity (Wildman–Crippen MR) is 82.9 cm³/mol. The van der Waals surface area contributed by atoms with E-state index in [-0.39, 0.29) is 22.7 Å². The molecule has 7 nitrogen and oxygen atoms in total. The molecule has 1 N–H and O–H groups in total. The lowest BCUT2D eigenvalue weighted by atomic mass is 10.1. The third-order valence-electron chi connectivity index (χ3n) is 3.62. The van der Waals surface area contributed by atoms with Crippen molar-refractivity contribution in [2.75, 3.05) is 18.2 Å². The minimum Gasteiger partial charge on any atom is -0.381 e. The molecule has 122 valence electrons. The van der Waals surface area contributed by atoms with E-state index in [2.05, 4.69) is 5.32 Å². The zero-order valence-electron chi connectivity index (χ0n) is 12.6. The maximum Gasteiger partial charge on any atom is 0.270 e. The van der Waals surface area contributed by atoms with Crippen molar-refractivity contribution in [3.8, 4) is 0 Å². The van der Waals surface area contributed by atoms with Gasteiger partial charge in [-0.05, 0) is 32.3 Å². The number of sulfone groups is 1. The van der Waals surface area contributed by atoms with E-state index in [0.717, 1.165) is 38.2 Å². The fourth-order valence-corrected chi connectivity index (χ4v) is 3.46. The number of rotatable bonds is 6. The van der Waals surface area contributed by atoms with Gasteiger partial charge in [-0.1, -0.05) is 0 Å². The van der Waals surface area contributed by atoms with Gasteiger partial charge in [0.25, 0.3) is 5.69 Å². The normalized spacial score (nSPS) is 19.8. The highest BCUT2D eigenvalue weighted by molar-refractivity contribution is 7.90. The van der Waals surface area contributed by atoms with Gasteiger partial charge in [0, 0.05) is 31.0 Å². The monoisotopic (exact) mass is 328 g/mol. The number of anilines is 1. The molecule has 2 rings (SSSR count). The first kappa shape index (κ1) is 16.7. The molecule has 0 aromatic heterocycles. The molecule has 1 aromatic carbocycles. The van der Waals surface area contributed by atoms with E-state index < -0.39 is 14.8 Å². The summed E-state index contributed by atoms with van der Waals surface area (Å²) >= 11 is 0. The fraction of sp³-hybridized carbons (Fsp3) is 0.571. The third-order valence-corrected chi connectivity index (χ3v) is 4.75. The SMILES string of the molecule is CC(CC1CCCO1)Nc1ccc([N+](=O)[O-])cc1S(C)(=O)=O. The Morgan fingerprint density at radius 1 is 1.50 bits per heavy atom. The van der Waals surface area contributed by atoms with Crippen LogP contribution in [0.3, 0.4) is 0 Å². The van der Waals surface area contributed by atoms with Crippen molar-refractivity contribution in [3.05, 3.63) is 28.3 Å². The van der Waals surface area contributed by atoms with Crippen LogP contribution in [0.5, 0.6) is 0 Å². The van der Waals surface area contributed by atoms with Gasteiger partial charge in [-0.25, -0.2) is 8.42 Å². The van der Waals surface area contributed by atoms with Crippen molar-refractivity contribution < 1.29 is 18.1 Å². The molecule has 1 aromatic rings. The summed E-state index contributed by atoms with van der Waals surface area (Å²) in [5.41, 5.74) is 0.149. The molecule has 1 aliphatic rings. The molecule has 2 unspecified atom stereocenters. The first-order chi connectivity index (χ1) is 10.3. The number of nitrogens with zero attached hydrogens (tertiary/aromatic N) is 1. The molecule has 8 heteroatoms. The summed E-state index contributed by atoms with van der Waals surface area (Å²) in [7, 11) is -3.56.